The number of nitrogens with zero attached hydrogens (tertiary/aromatic N) is 2. The molecule has 5 heteroatoms. The number of aliphatic hydroxyl groups excluding tert-OH is 1. The fourth-order valence-corrected chi connectivity index (χ4v) is 1.05. The molecule has 2 N–H and O–H groups in total. The van der Waals surface area contributed by atoms with Crippen LogP contribution in [0.5, 0.6) is 0 Å². The maximum Gasteiger partial charge on any atom is 0.268 e. The smallest absolute Gasteiger partial charge is 0.268 e. The molecular weight excluding hydrogens is 182 g/mol. The molecule has 0 saturated heterocycles. The van der Waals surface area contributed by atoms with E-state index in [1.54, 1.807) is 20.2 Å². The molecule has 0 radical (unpaired) electrons. The van der Waals surface area contributed by atoms with Gasteiger partial charge >= 0.3 is 0 Å². The van der Waals surface area contributed by atoms with Gasteiger partial charge in [0.1, 0.15) is 0 Å². The molecule has 0 bridgehead atoms. The largest absolute Gasteiger partial charge is 0.393 e. The summed E-state index contributed by atoms with van der Waals surface area (Å²) >= 11 is 0. The lowest BCUT2D eigenvalue weighted by molar-refractivity contribution is 0.175. The van der Waals surface area contributed by atoms with E-state index in [9.17, 15) is 4.79 Å². The zero-order valence-electron chi connectivity index (χ0n) is 8.40. The van der Waals surface area contributed by atoms with Crippen LogP contribution in [0.3, 0.4) is 0 Å². The van der Waals surface area contributed by atoms with Gasteiger partial charge in [0.05, 0.1) is 18.0 Å². The third kappa shape index (κ3) is 2.85. The van der Waals surface area contributed by atoms with E-state index in [0.717, 1.165) is 0 Å². The minimum absolute atomic E-state index is 0.155. The predicted molar refractivity (Wildman–Crippen MR) is 54.3 cm³/mol. The average molecular weight is 197 g/mol. The van der Waals surface area contributed by atoms with E-state index in [4.69, 9.17) is 5.11 Å². The molecule has 78 valence electrons. The van der Waals surface area contributed by atoms with Crippen LogP contribution in [0.25, 0.3) is 0 Å². The van der Waals surface area contributed by atoms with Crippen LogP contribution >= 0.6 is 0 Å². The summed E-state index contributed by atoms with van der Waals surface area (Å²) in [4.78, 5) is 11.4. The number of hydrogen-bond donors (Lipinski definition) is 2. The summed E-state index contributed by atoms with van der Waals surface area (Å²) in [5, 5.41) is 15.8. The van der Waals surface area contributed by atoms with Gasteiger partial charge in [-0.1, -0.05) is 0 Å². The van der Waals surface area contributed by atoms with Crippen molar-refractivity contribution < 1.29 is 5.11 Å². The van der Waals surface area contributed by atoms with E-state index in [2.05, 4.69) is 10.4 Å². The van der Waals surface area contributed by atoms with Gasteiger partial charge < -0.3 is 10.4 Å². The Kier molecular flexibility index (Phi) is 3.64. The number of rotatable bonds is 4. The number of aliphatic hydroxyl groups is 1. The molecule has 1 unspecified atom stereocenters. The molecule has 0 aromatic carbocycles. The van der Waals surface area contributed by atoms with Crippen LogP contribution in [0.2, 0.25) is 0 Å². The van der Waals surface area contributed by atoms with Gasteiger partial charge in [0.2, 0.25) is 0 Å². The zero-order valence-corrected chi connectivity index (χ0v) is 8.40. The molecule has 1 atom stereocenters. The Morgan fingerprint density at radius 1 is 1.71 bits per heavy atom. The lowest BCUT2D eigenvalue weighted by atomic mass is 10.3. The summed E-state index contributed by atoms with van der Waals surface area (Å²) in [6.45, 7) is 2.13. The summed E-state index contributed by atoms with van der Waals surface area (Å²) in [5.74, 6) is 0. The van der Waals surface area contributed by atoms with E-state index >= 15 is 0 Å². The third-order valence-corrected chi connectivity index (χ3v) is 1.92. The summed E-state index contributed by atoms with van der Waals surface area (Å²) in [7, 11) is 1.73. The van der Waals surface area contributed by atoms with E-state index in [0.29, 0.717) is 18.7 Å². The molecule has 0 aliphatic rings. The maximum atomic E-state index is 11.4. The SMILES string of the molecule is CNc1cnn(CCC(C)O)c(=O)c1. The Morgan fingerprint density at radius 2 is 2.43 bits per heavy atom. The Hall–Kier alpha value is -1.36. The second kappa shape index (κ2) is 4.76. The fraction of sp³-hybridized carbons (Fsp3) is 0.556. The van der Waals surface area contributed by atoms with Crippen LogP contribution in [0.15, 0.2) is 17.1 Å². The van der Waals surface area contributed by atoms with Crippen LogP contribution in [0.1, 0.15) is 13.3 Å². The first-order valence-electron chi connectivity index (χ1n) is 4.56. The molecule has 0 fully saturated rings. The standard InChI is InChI=1S/C9H15N3O2/c1-7(13)3-4-12-9(14)5-8(10-2)6-11-12/h5-7,10,13H,3-4H2,1-2H3. The van der Waals surface area contributed by atoms with Crippen molar-refractivity contribution in [1.82, 2.24) is 9.78 Å². The average Bonchev–Trinajstić information content (AvgIpc) is 2.15. The van der Waals surface area contributed by atoms with Crippen molar-refractivity contribution in [2.24, 2.45) is 0 Å². The molecule has 5 nitrogen and oxygen atoms in total. The van der Waals surface area contributed by atoms with E-state index < -0.39 is 6.10 Å². The molecule has 1 rings (SSSR count). The van der Waals surface area contributed by atoms with Crippen molar-refractivity contribution in [3.8, 4) is 0 Å². The number of anilines is 1. The number of nitrogens with one attached hydrogen (secondary N) is 1. The van der Waals surface area contributed by atoms with Gasteiger partial charge in [-0.05, 0) is 13.3 Å². The number of hydrogen-bond acceptors (Lipinski definition) is 4. The minimum Gasteiger partial charge on any atom is -0.393 e. The van der Waals surface area contributed by atoms with Crippen molar-refractivity contribution in [2.75, 3.05) is 12.4 Å². The van der Waals surface area contributed by atoms with Gasteiger partial charge in [0.15, 0.2) is 0 Å². The highest BCUT2D eigenvalue weighted by Crippen LogP contribution is 1.98. The predicted octanol–water partition coefficient (Wildman–Crippen LogP) is 0.0559. The summed E-state index contributed by atoms with van der Waals surface area (Å²) in [6, 6.07) is 1.48. The van der Waals surface area contributed by atoms with Crippen LogP contribution in [0, 0.1) is 0 Å². The highest BCUT2D eigenvalue weighted by Gasteiger charge is 2.01. The van der Waals surface area contributed by atoms with Gasteiger partial charge in [0.25, 0.3) is 5.56 Å². The molecule has 1 aromatic rings. The van der Waals surface area contributed by atoms with Crippen LogP contribution in [0.4, 0.5) is 5.69 Å². The molecule has 0 aliphatic carbocycles. The van der Waals surface area contributed by atoms with Crippen molar-refractivity contribution in [1.29, 1.82) is 0 Å². The van der Waals surface area contributed by atoms with E-state index in [1.165, 1.54) is 10.7 Å². The maximum absolute atomic E-state index is 11.4. The molecule has 0 aliphatic heterocycles. The van der Waals surface area contributed by atoms with Gasteiger partial charge in [-0.2, -0.15) is 5.10 Å². The first kappa shape index (κ1) is 10.7. The highest BCUT2D eigenvalue weighted by molar-refractivity contribution is 5.37. The molecule has 0 saturated carbocycles. The molecular formula is C9H15N3O2. The highest BCUT2D eigenvalue weighted by atomic mass is 16.3. The van der Waals surface area contributed by atoms with Gasteiger partial charge in [-0.15, -0.1) is 0 Å². The zero-order chi connectivity index (χ0) is 10.6. The molecule has 0 amide bonds. The Bertz CT molecular complexity index is 346. The lowest BCUT2D eigenvalue weighted by Crippen LogP contribution is -2.23. The number of aryl methyl sites for hydroxylation is 1. The topological polar surface area (TPSA) is 67.2 Å². The van der Waals surface area contributed by atoms with Gasteiger partial charge in [0, 0.05) is 19.7 Å². The molecule has 1 heterocycles. The molecule has 14 heavy (non-hydrogen) atoms. The summed E-state index contributed by atoms with van der Waals surface area (Å²) in [6.07, 6.45) is 1.71. The van der Waals surface area contributed by atoms with Crippen LogP contribution in [-0.4, -0.2) is 28.0 Å². The quantitative estimate of drug-likeness (QED) is 0.716. The summed E-state index contributed by atoms with van der Waals surface area (Å²) in [5.41, 5.74) is 0.542. The van der Waals surface area contributed by atoms with Crippen LogP contribution in [-0.2, 0) is 6.54 Å². The van der Waals surface area contributed by atoms with E-state index in [-0.39, 0.29) is 5.56 Å². The minimum atomic E-state index is -0.410. The molecule has 1 aromatic heterocycles. The van der Waals surface area contributed by atoms with Crippen molar-refractivity contribution in [2.45, 2.75) is 26.0 Å². The summed E-state index contributed by atoms with van der Waals surface area (Å²) < 4.78 is 1.34. The van der Waals surface area contributed by atoms with Crippen LogP contribution < -0.4 is 10.9 Å². The Balaban J connectivity index is 2.74. The normalized spacial score (nSPS) is 12.5. The molecule has 0 spiro atoms. The Labute approximate surface area is 82.4 Å². The lowest BCUT2D eigenvalue weighted by Gasteiger charge is -2.06. The van der Waals surface area contributed by atoms with E-state index in [1.807, 2.05) is 0 Å². The van der Waals surface area contributed by atoms with Crippen molar-refractivity contribution >= 4 is 5.69 Å². The first-order valence-corrected chi connectivity index (χ1v) is 4.56. The van der Waals surface area contributed by atoms with Gasteiger partial charge in [-0.3, -0.25) is 4.79 Å². The van der Waals surface area contributed by atoms with Crippen molar-refractivity contribution in [3.05, 3.63) is 22.6 Å². The third-order valence-electron chi connectivity index (χ3n) is 1.92. The van der Waals surface area contributed by atoms with Gasteiger partial charge in [-0.25, -0.2) is 4.68 Å². The second-order valence-corrected chi connectivity index (χ2v) is 3.19. The monoisotopic (exact) mass is 197 g/mol. The number of aromatic nitrogens is 2. The second-order valence-electron chi connectivity index (χ2n) is 3.19. The van der Waals surface area contributed by atoms with Crippen molar-refractivity contribution in [3.63, 3.8) is 0 Å². The first-order chi connectivity index (χ1) is 6.63. The fourth-order valence-electron chi connectivity index (χ4n) is 1.05. The Morgan fingerprint density at radius 3 is 2.93 bits per heavy atom.